The van der Waals surface area contributed by atoms with Crippen molar-refractivity contribution >= 4 is 5.97 Å². The van der Waals surface area contributed by atoms with E-state index in [1.54, 1.807) is 0 Å². The van der Waals surface area contributed by atoms with E-state index in [2.05, 4.69) is 6.08 Å². The van der Waals surface area contributed by atoms with Crippen molar-refractivity contribution in [3.8, 4) is 0 Å². The lowest BCUT2D eigenvalue weighted by atomic mass is 9.86. The zero-order chi connectivity index (χ0) is 9.26. The van der Waals surface area contributed by atoms with Crippen molar-refractivity contribution in [2.24, 2.45) is 11.8 Å². The van der Waals surface area contributed by atoms with Gasteiger partial charge in [-0.05, 0) is 37.2 Å². The minimum Gasteiger partial charge on any atom is -0.432 e. The van der Waals surface area contributed by atoms with Crippen LogP contribution >= 0.6 is 0 Å². The molecule has 0 aromatic rings. The molecule has 0 aromatic heterocycles. The molecule has 2 nitrogen and oxygen atoms in total. The predicted molar refractivity (Wildman–Crippen MR) is 49.9 cm³/mol. The summed E-state index contributed by atoms with van der Waals surface area (Å²) in [5, 5.41) is 0. The summed E-state index contributed by atoms with van der Waals surface area (Å²) in [5.74, 6) is 2.31. The molecule has 0 spiro atoms. The van der Waals surface area contributed by atoms with Crippen molar-refractivity contribution in [1.29, 1.82) is 0 Å². The zero-order valence-corrected chi connectivity index (χ0v) is 8.08. The normalized spacial score (nSPS) is 32.2. The molecule has 72 valence electrons. The van der Waals surface area contributed by atoms with Gasteiger partial charge in [-0.1, -0.05) is 6.42 Å². The van der Waals surface area contributed by atoms with Crippen molar-refractivity contribution < 1.29 is 9.53 Å². The molecule has 0 heterocycles. The first kappa shape index (κ1) is 8.79. The number of carbonyl (C=O) groups is 1. The van der Waals surface area contributed by atoms with Gasteiger partial charge in [0, 0.05) is 13.3 Å². The van der Waals surface area contributed by atoms with Crippen molar-refractivity contribution in [3.63, 3.8) is 0 Å². The molecular formula is C11H16O2. The summed E-state index contributed by atoms with van der Waals surface area (Å²) in [4.78, 5) is 10.7. The molecule has 2 atom stereocenters. The lowest BCUT2D eigenvalue weighted by molar-refractivity contribution is -0.137. The molecule has 2 heteroatoms. The van der Waals surface area contributed by atoms with Crippen LogP contribution in [0.1, 0.15) is 39.0 Å². The fourth-order valence-corrected chi connectivity index (χ4v) is 2.56. The molecule has 2 rings (SSSR count). The summed E-state index contributed by atoms with van der Waals surface area (Å²) in [7, 11) is 0. The first-order valence-electron chi connectivity index (χ1n) is 5.15. The minimum absolute atomic E-state index is 0.178. The van der Waals surface area contributed by atoms with Crippen LogP contribution < -0.4 is 0 Å². The molecule has 1 saturated carbocycles. The summed E-state index contributed by atoms with van der Waals surface area (Å²) < 4.78 is 5.12. The van der Waals surface area contributed by atoms with E-state index < -0.39 is 0 Å². The van der Waals surface area contributed by atoms with E-state index in [1.807, 2.05) is 0 Å². The Hall–Kier alpha value is -0.790. The summed E-state index contributed by atoms with van der Waals surface area (Å²) in [6, 6.07) is 0. The number of esters is 1. The van der Waals surface area contributed by atoms with Crippen LogP contribution in [0.2, 0.25) is 0 Å². The highest BCUT2D eigenvalue weighted by atomic mass is 16.5. The van der Waals surface area contributed by atoms with Gasteiger partial charge in [-0.3, -0.25) is 4.79 Å². The average Bonchev–Trinajstić information content (AvgIpc) is 2.49. The van der Waals surface area contributed by atoms with Crippen LogP contribution in [0.5, 0.6) is 0 Å². The van der Waals surface area contributed by atoms with Crippen LogP contribution in [0.4, 0.5) is 0 Å². The van der Waals surface area contributed by atoms with Gasteiger partial charge in [0.2, 0.25) is 0 Å². The second kappa shape index (κ2) is 3.52. The van der Waals surface area contributed by atoms with Crippen molar-refractivity contribution in [3.05, 3.63) is 11.8 Å². The molecular weight excluding hydrogens is 164 g/mol. The van der Waals surface area contributed by atoms with E-state index in [0.717, 1.165) is 18.1 Å². The van der Waals surface area contributed by atoms with Gasteiger partial charge in [-0.25, -0.2) is 0 Å². The lowest BCUT2D eigenvalue weighted by Crippen LogP contribution is -2.14. The number of ether oxygens (including phenoxy) is 1. The topological polar surface area (TPSA) is 26.3 Å². The highest BCUT2D eigenvalue weighted by Gasteiger charge is 2.29. The standard InChI is InChI=1S/C11H16O2/c1-8(12)13-11-6-5-9-3-2-4-10(9)7-11/h7,9-10H,2-6H2,1H3. The predicted octanol–water partition coefficient (Wildman–Crippen LogP) is 2.64. The molecule has 0 bridgehead atoms. The van der Waals surface area contributed by atoms with Gasteiger partial charge < -0.3 is 4.74 Å². The Morgan fingerprint density at radius 2 is 2.31 bits per heavy atom. The van der Waals surface area contributed by atoms with E-state index in [-0.39, 0.29) is 5.97 Å². The minimum atomic E-state index is -0.178. The van der Waals surface area contributed by atoms with Crippen molar-refractivity contribution in [1.82, 2.24) is 0 Å². The maximum Gasteiger partial charge on any atom is 0.307 e. The van der Waals surface area contributed by atoms with Gasteiger partial charge in [0.15, 0.2) is 0 Å². The Morgan fingerprint density at radius 3 is 3.08 bits per heavy atom. The molecule has 13 heavy (non-hydrogen) atoms. The van der Waals surface area contributed by atoms with Gasteiger partial charge in [0.25, 0.3) is 0 Å². The number of hydrogen-bond donors (Lipinski definition) is 0. The van der Waals surface area contributed by atoms with E-state index in [4.69, 9.17) is 4.74 Å². The summed E-state index contributed by atoms with van der Waals surface area (Å²) in [6.45, 7) is 1.47. The highest BCUT2D eigenvalue weighted by molar-refractivity contribution is 5.67. The summed E-state index contributed by atoms with van der Waals surface area (Å²) >= 11 is 0. The first-order chi connectivity index (χ1) is 6.25. The third-order valence-electron chi connectivity index (χ3n) is 3.15. The second-order valence-electron chi connectivity index (χ2n) is 4.12. The molecule has 0 aromatic carbocycles. The van der Waals surface area contributed by atoms with E-state index in [0.29, 0.717) is 5.92 Å². The molecule has 0 saturated heterocycles. The second-order valence-corrected chi connectivity index (χ2v) is 4.12. The Labute approximate surface area is 79.0 Å². The number of allylic oxidation sites excluding steroid dienone is 2. The van der Waals surface area contributed by atoms with Gasteiger partial charge in [-0.2, -0.15) is 0 Å². The molecule has 2 aliphatic carbocycles. The van der Waals surface area contributed by atoms with Gasteiger partial charge in [0.1, 0.15) is 5.76 Å². The van der Waals surface area contributed by atoms with Crippen molar-refractivity contribution in [2.75, 3.05) is 0 Å². The van der Waals surface area contributed by atoms with Gasteiger partial charge in [-0.15, -0.1) is 0 Å². The fourth-order valence-electron chi connectivity index (χ4n) is 2.56. The van der Waals surface area contributed by atoms with Crippen LogP contribution in [0.15, 0.2) is 11.8 Å². The zero-order valence-electron chi connectivity index (χ0n) is 8.08. The molecule has 0 aliphatic heterocycles. The Balaban J connectivity index is 2.01. The molecule has 0 radical (unpaired) electrons. The first-order valence-corrected chi connectivity index (χ1v) is 5.15. The third kappa shape index (κ3) is 1.93. The van der Waals surface area contributed by atoms with Crippen LogP contribution in [-0.4, -0.2) is 5.97 Å². The summed E-state index contributed by atoms with van der Waals surface area (Å²) in [5.41, 5.74) is 0. The molecule has 0 N–H and O–H groups in total. The SMILES string of the molecule is CC(=O)OC1=CC2CCCC2CC1. The van der Waals surface area contributed by atoms with Crippen LogP contribution in [-0.2, 0) is 9.53 Å². The summed E-state index contributed by atoms with van der Waals surface area (Å²) in [6.07, 6.45) is 8.36. The van der Waals surface area contributed by atoms with E-state index in [9.17, 15) is 4.79 Å². The van der Waals surface area contributed by atoms with Gasteiger partial charge >= 0.3 is 5.97 Å². The van der Waals surface area contributed by atoms with E-state index >= 15 is 0 Å². The quantitative estimate of drug-likeness (QED) is 0.580. The smallest absolute Gasteiger partial charge is 0.307 e. The Kier molecular flexibility index (Phi) is 2.38. The maximum atomic E-state index is 10.7. The van der Waals surface area contributed by atoms with Crippen LogP contribution in [0.25, 0.3) is 0 Å². The molecule has 2 unspecified atom stereocenters. The highest BCUT2D eigenvalue weighted by Crippen LogP contribution is 2.40. The van der Waals surface area contributed by atoms with Gasteiger partial charge in [0.05, 0.1) is 0 Å². The number of hydrogen-bond acceptors (Lipinski definition) is 2. The largest absolute Gasteiger partial charge is 0.432 e. The fraction of sp³-hybridized carbons (Fsp3) is 0.727. The third-order valence-corrected chi connectivity index (χ3v) is 3.15. The maximum absolute atomic E-state index is 10.7. The molecule has 0 amide bonds. The molecule has 2 aliphatic rings. The lowest BCUT2D eigenvalue weighted by Gasteiger charge is -2.23. The number of rotatable bonds is 1. The van der Waals surface area contributed by atoms with E-state index in [1.165, 1.54) is 32.6 Å². The van der Waals surface area contributed by atoms with Crippen LogP contribution in [0.3, 0.4) is 0 Å². The number of fused-ring (bicyclic) bond motifs is 1. The Morgan fingerprint density at radius 1 is 1.46 bits per heavy atom. The van der Waals surface area contributed by atoms with Crippen LogP contribution in [0, 0.1) is 11.8 Å². The Bertz CT molecular complexity index is 242. The average molecular weight is 180 g/mol. The number of carbonyl (C=O) groups excluding carboxylic acids is 1. The molecule has 1 fully saturated rings. The monoisotopic (exact) mass is 180 g/mol. The van der Waals surface area contributed by atoms with Crippen molar-refractivity contribution in [2.45, 2.75) is 39.0 Å².